The summed E-state index contributed by atoms with van der Waals surface area (Å²) in [6, 6.07) is 0. The quantitative estimate of drug-likeness (QED) is 0.358. The van der Waals surface area contributed by atoms with Crippen LogP contribution >= 0.6 is 0 Å². The van der Waals surface area contributed by atoms with Crippen molar-refractivity contribution in [1.29, 1.82) is 0 Å². The van der Waals surface area contributed by atoms with Crippen LogP contribution < -0.4 is 0 Å². The molecule has 0 aromatic heterocycles. The lowest BCUT2D eigenvalue weighted by Crippen LogP contribution is -2.65. The second kappa shape index (κ2) is 9.60. The van der Waals surface area contributed by atoms with E-state index in [9.17, 15) is 24.9 Å². The minimum absolute atomic E-state index is 0.0210. The van der Waals surface area contributed by atoms with Gasteiger partial charge in [-0.1, -0.05) is 13.8 Å². The number of esters is 1. The third-order valence-corrected chi connectivity index (χ3v) is 12.0. The van der Waals surface area contributed by atoms with Gasteiger partial charge in [-0.2, -0.15) is 0 Å². The van der Waals surface area contributed by atoms with Crippen LogP contribution in [0.25, 0.3) is 0 Å². The van der Waals surface area contributed by atoms with Gasteiger partial charge in [0.05, 0.1) is 17.8 Å². The Hall–Kier alpha value is -1.36. The van der Waals surface area contributed by atoms with Crippen molar-refractivity contribution in [3.8, 4) is 0 Å². The number of Topliss-reactive ketones (excluding diaryl/α,β-unsaturated/α-hetero) is 1. The SMILES string of the molecule is COC1C(O)C(C)OC(OC2CCC3(C)C(CCC4C3C(=O)CC3(C)C(C5=CC(=O)OC5)CCC43O)C2)C1O. The van der Waals surface area contributed by atoms with E-state index in [1.54, 1.807) is 13.0 Å². The highest BCUT2D eigenvalue weighted by Gasteiger charge is 2.70. The van der Waals surface area contributed by atoms with Crippen molar-refractivity contribution in [2.75, 3.05) is 13.7 Å². The van der Waals surface area contributed by atoms with Gasteiger partial charge >= 0.3 is 5.97 Å². The normalized spacial score (nSPS) is 53.5. The van der Waals surface area contributed by atoms with E-state index in [0.29, 0.717) is 12.8 Å². The molecule has 2 heterocycles. The monoisotopic (exact) mass is 548 g/mol. The molecule has 1 saturated heterocycles. The van der Waals surface area contributed by atoms with E-state index < -0.39 is 41.7 Å². The number of hydrogen-bond acceptors (Lipinski definition) is 9. The summed E-state index contributed by atoms with van der Waals surface area (Å²) in [5, 5.41) is 33.4. The maximum absolute atomic E-state index is 14.0. The zero-order valence-electron chi connectivity index (χ0n) is 23.5. The Morgan fingerprint density at radius 3 is 2.51 bits per heavy atom. The van der Waals surface area contributed by atoms with E-state index in [4.69, 9.17) is 18.9 Å². The molecule has 39 heavy (non-hydrogen) atoms. The van der Waals surface area contributed by atoms with E-state index in [2.05, 4.69) is 13.8 Å². The summed E-state index contributed by atoms with van der Waals surface area (Å²) >= 11 is 0. The minimum atomic E-state index is -1.09. The third-order valence-electron chi connectivity index (χ3n) is 12.0. The standard InChI is InChI=1S/C30H44O9/c1-15-24(33)26(36-4)25(34)27(38-15)39-18-7-9-28(2)17(12-18)5-6-20-23(28)21(31)13-29(3)19(8-10-30(20,29)35)16-11-22(32)37-14-16/h11,15,17-20,23-27,33-35H,5-10,12-14H2,1-4H3. The maximum Gasteiger partial charge on any atom is 0.331 e. The Kier molecular flexibility index (Phi) is 6.84. The first kappa shape index (κ1) is 27.8. The Morgan fingerprint density at radius 1 is 1.05 bits per heavy atom. The Labute approximate surface area is 230 Å². The molecule has 0 amide bonds. The van der Waals surface area contributed by atoms with Crippen LogP contribution in [-0.2, 0) is 28.5 Å². The van der Waals surface area contributed by atoms with Crippen LogP contribution in [0.4, 0.5) is 0 Å². The number of rotatable bonds is 4. The average Bonchev–Trinajstić information content (AvgIpc) is 3.42. The molecular formula is C30H44O9. The van der Waals surface area contributed by atoms with Gasteiger partial charge in [0.2, 0.25) is 0 Å². The van der Waals surface area contributed by atoms with Gasteiger partial charge in [-0.3, -0.25) is 4.79 Å². The second-order valence-electron chi connectivity index (χ2n) is 13.7. The van der Waals surface area contributed by atoms with Gasteiger partial charge in [-0.25, -0.2) is 4.79 Å². The molecule has 9 heteroatoms. The number of methoxy groups -OCH3 is 1. The number of carbonyl (C=O) groups excluding carboxylic acids is 2. The van der Waals surface area contributed by atoms with Crippen LogP contribution in [0, 0.1) is 34.5 Å². The molecule has 6 aliphatic rings. The summed E-state index contributed by atoms with van der Waals surface area (Å²) in [6.45, 7) is 6.30. The summed E-state index contributed by atoms with van der Waals surface area (Å²) in [4.78, 5) is 25.8. The van der Waals surface area contributed by atoms with Crippen LogP contribution in [-0.4, -0.2) is 83.2 Å². The molecule has 0 radical (unpaired) electrons. The van der Waals surface area contributed by atoms with E-state index in [1.165, 1.54) is 7.11 Å². The molecule has 5 fully saturated rings. The smallest absolute Gasteiger partial charge is 0.331 e. The molecule has 13 unspecified atom stereocenters. The fraction of sp³-hybridized carbons (Fsp3) is 0.867. The topological polar surface area (TPSA) is 132 Å². The second-order valence-corrected chi connectivity index (χ2v) is 13.7. The summed E-state index contributed by atoms with van der Waals surface area (Å²) in [5.41, 5.74) is -0.851. The first-order valence-electron chi connectivity index (χ1n) is 14.7. The van der Waals surface area contributed by atoms with Crippen molar-refractivity contribution < 1.29 is 43.9 Å². The van der Waals surface area contributed by atoms with Crippen molar-refractivity contribution in [2.45, 2.75) is 115 Å². The minimum Gasteiger partial charge on any atom is -0.458 e. The molecule has 0 spiro atoms. The highest BCUT2D eigenvalue weighted by atomic mass is 16.7. The Morgan fingerprint density at radius 2 is 1.82 bits per heavy atom. The highest BCUT2D eigenvalue weighted by Crippen LogP contribution is 2.69. The molecule has 13 atom stereocenters. The number of cyclic esters (lactones) is 1. The van der Waals surface area contributed by atoms with Gasteiger partial charge in [0.25, 0.3) is 0 Å². The lowest BCUT2D eigenvalue weighted by molar-refractivity contribution is -0.312. The Bertz CT molecular complexity index is 1040. The maximum atomic E-state index is 14.0. The van der Waals surface area contributed by atoms with Crippen molar-refractivity contribution in [3.63, 3.8) is 0 Å². The molecule has 3 N–H and O–H groups in total. The first-order chi connectivity index (χ1) is 18.4. The fourth-order valence-electron chi connectivity index (χ4n) is 9.86. The van der Waals surface area contributed by atoms with Gasteiger partial charge in [-0.05, 0) is 80.6 Å². The predicted octanol–water partition coefficient (Wildman–Crippen LogP) is 2.29. The van der Waals surface area contributed by atoms with Crippen molar-refractivity contribution >= 4 is 11.8 Å². The molecular weight excluding hydrogens is 504 g/mol. The predicted molar refractivity (Wildman–Crippen MR) is 138 cm³/mol. The molecule has 2 aliphatic heterocycles. The molecule has 0 aromatic rings. The van der Waals surface area contributed by atoms with Crippen LogP contribution in [0.3, 0.4) is 0 Å². The Balaban J connectivity index is 1.19. The number of fused-ring (bicyclic) bond motifs is 5. The number of aliphatic hydroxyl groups excluding tert-OH is 2. The van der Waals surface area contributed by atoms with E-state index in [0.717, 1.165) is 44.1 Å². The molecule has 4 aliphatic carbocycles. The molecule has 9 nitrogen and oxygen atoms in total. The van der Waals surface area contributed by atoms with Crippen molar-refractivity contribution in [2.24, 2.45) is 34.5 Å². The van der Waals surface area contributed by atoms with Gasteiger partial charge in [0.15, 0.2) is 6.29 Å². The first-order valence-corrected chi connectivity index (χ1v) is 14.7. The zero-order chi connectivity index (χ0) is 27.9. The molecule has 0 aromatic carbocycles. The van der Waals surface area contributed by atoms with Crippen LogP contribution in [0.15, 0.2) is 11.6 Å². The highest BCUT2D eigenvalue weighted by molar-refractivity contribution is 5.86. The van der Waals surface area contributed by atoms with Crippen molar-refractivity contribution in [3.05, 3.63) is 11.6 Å². The zero-order valence-corrected chi connectivity index (χ0v) is 23.5. The number of carbonyl (C=O) groups is 2. The fourth-order valence-corrected chi connectivity index (χ4v) is 9.86. The summed E-state index contributed by atoms with van der Waals surface area (Å²) in [7, 11) is 1.46. The largest absolute Gasteiger partial charge is 0.458 e. The number of aliphatic hydroxyl groups is 3. The van der Waals surface area contributed by atoms with Crippen LogP contribution in [0.5, 0.6) is 0 Å². The van der Waals surface area contributed by atoms with E-state index in [1.807, 2.05) is 0 Å². The van der Waals surface area contributed by atoms with Crippen LogP contribution in [0.2, 0.25) is 0 Å². The average molecular weight is 549 g/mol. The lowest BCUT2D eigenvalue weighted by Gasteiger charge is -2.62. The van der Waals surface area contributed by atoms with Gasteiger partial charge in [0.1, 0.15) is 30.7 Å². The van der Waals surface area contributed by atoms with E-state index >= 15 is 0 Å². The number of ketones is 1. The molecule has 4 saturated carbocycles. The van der Waals surface area contributed by atoms with Gasteiger partial charge < -0.3 is 34.3 Å². The summed E-state index contributed by atoms with van der Waals surface area (Å²) < 4.78 is 22.6. The summed E-state index contributed by atoms with van der Waals surface area (Å²) in [5.74, 6) is -0.142. The number of ether oxygens (including phenoxy) is 4. The van der Waals surface area contributed by atoms with Crippen molar-refractivity contribution in [1.82, 2.24) is 0 Å². The van der Waals surface area contributed by atoms with Gasteiger partial charge in [0, 0.05) is 30.9 Å². The third kappa shape index (κ3) is 4.02. The van der Waals surface area contributed by atoms with E-state index in [-0.39, 0.29) is 53.6 Å². The summed E-state index contributed by atoms with van der Waals surface area (Å²) in [6.07, 6.45) is 2.94. The molecule has 6 rings (SSSR count). The van der Waals surface area contributed by atoms with Gasteiger partial charge in [-0.15, -0.1) is 0 Å². The van der Waals surface area contributed by atoms with Crippen LogP contribution in [0.1, 0.15) is 72.1 Å². The number of hydrogen-bond donors (Lipinski definition) is 3. The molecule has 218 valence electrons. The molecule has 0 bridgehead atoms. The lowest BCUT2D eigenvalue weighted by atomic mass is 9.43.